The Labute approximate surface area is 179 Å². The second kappa shape index (κ2) is 9.56. The van der Waals surface area contributed by atoms with Gasteiger partial charge in [-0.1, -0.05) is 6.07 Å². The summed E-state index contributed by atoms with van der Waals surface area (Å²) in [4.78, 5) is 23.9. The highest BCUT2D eigenvalue weighted by atomic mass is 32.2. The average Bonchev–Trinajstić information content (AvgIpc) is 2.75. The van der Waals surface area contributed by atoms with Gasteiger partial charge >= 0.3 is 6.18 Å². The van der Waals surface area contributed by atoms with Crippen LogP contribution in [0.4, 0.5) is 13.2 Å². The lowest BCUT2D eigenvalue weighted by atomic mass is 9.92. The van der Waals surface area contributed by atoms with Crippen molar-refractivity contribution in [2.45, 2.75) is 49.6 Å². The van der Waals surface area contributed by atoms with Crippen LogP contribution >= 0.6 is 0 Å². The van der Waals surface area contributed by atoms with E-state index in [0.29, 0.717) is 0 Å². The molecule has 0 spiro atoms. The van der Waals surface area contributed by atoms with Gasteiger partial charge in [0.05, 0.1) is 11.4 Å². The molecular formula is C20H26F3N3O4S. The number of nitrogens with one attached hydrogen (secondary N) is 2. The first-order valence-electron chi connectivity index (χ1n) is 10.3. The third-order valence-corrected chi connectivity index (χ3v) is 7.59. The molecule has 1 aliphatic heterocycles. The number of aryl methyl sites for hydroxylation is 2. The Morgan fingerprint density at radius 3 is 2.32 bits per heavy atom. The van der Waals surface area contributed by atoms with Gasteiger partial charge in [-0.15, -0.1) is 0 Å². The molecule has 2 aliphatic rings. The fourth-order valence-corrected chi connectivity index (χ4v) is 5.47. The normalized spacial score (nSPS) is 18.3. The predicted molar refractivity (Wildman–Crippen MR) is 107 cm³/mol. The van der Waals surface area contributed by atoms with Crippen LogP contribution in [-0.2, 0) is 32.5 Å². The maximum Gasteiger partial charge on any atom is 0.405 e. The minimum Gasteiger partial charge on any atom is -0.347 e. The maximum absolute atomic E-state index is 13.0. The third-order valence-electron chi connectivity index (χ3n) is 5.69. The molecule has 0 radical (unpaired) electrons. The van der Waals surface area contributed by atoms with Crippen LogP contribution in [0.3, 0.4) is 0 Å². The average molecular weight is 462 g/mol. The molecular weight excluding hydrogens is 435 g/mol. The van der Waals surface area contributed by atoms with Gasteiger partial charge in [0.2, 0.25) is 21.8 Å². The maximum atomic E-state index is 13.0. The monoisotopic (exact) mass is 461 g/mol. The van der Waals surface area contributed by atoms with Gasteiger partial charge in [-0.2, -0.15) is 17.5 Å². The molecule has 1 saturated heterocycles. The zero-order valence-electron chi connectivity index (χ0n) is 17.0. The lowest BCUT2D eigenvalue weighted by Gasteiger charge is -2.31. The van der Waals surface area contributed by atoms with Crippen molar-refractivity contribution in [1.82, 2.24) is 14.9 Å². The number of halogens is 3. The summed E-state index contributed by atoms with van der Waals surface area (Å²) < 4.78 is 63.6. The number of alkyl halides is 3. The second-order valence-corrected chi connectivity index (χ2v) is 9.86. The van der Waals surface area contributed by atoms with Gasteiger partial charge in [-0.25, -0.2) is 8.42 Å². The minimum atomic E-state index is -4.52. The van der Waals surface area contributed by atoms with Gasteiger partial charge < -0.3 is 10.6 Å². The van der Waals surface area contributed by atoms with Crippen molar-refractivity contribution in [3.8, 4) is 0 Å². The lowest BCUT2D eigenvalue weighted by Crippen LogP contribution is -2.45. The SMILES string of the molecule is O=C(CNC(=O)C1CCN(S(=O)(=O)c2ccc3c(c2)CCCC3)CC1)NCC(F)(F)F. The molecule has 11 heteroatoms. The second-order valence-electron chi connectivity index (χ2n) is 7.93. The number of rotatable bonds is 6. The van der Waals surface area contributed by atoms with Crippen molar-refractivity contribution in [2.24, 2.45) is 5.92 Å². The highest BCUT2D eigenvalue weighted by Crippen LogP contribution is 2.28. The van der Waals surface area contributed by atoms with E-state index in [1.165, 1.54) is 9.87 Å². The van der Waals surface area contributed by atoms with Crippen molar-refractivity contribution < 1.29 is 31.2 Å². The van der Waals surface area contributed by atoms with Gasteiger partial charge in [0, 0.05) is 19.0 Å². The summed E-state index contributed by atoms with van der Waals surface area (Å²) in [5.41, 5.74) is 2.27. The van der Waals surface area contributed by atoms with Crippen molar-refractivity contribution in [1.29, 1.82) is 0 Å². The lowest BCUT2D eigenvalue weighted by molar-refractivity contribution is -0.138. The Morgan fingerprint density at radius 1 is 1.03 bits per heavy atom. The number of carbonyl (C=O) groups excluding carboxylic acids is 2. The Hall–Kier alpha value is -2.14. The number of amides is 2. The van der Waals surface area contributed by atoms with Crippen LogP contribution in [0.25, 0.3) is 0 Å². The van der Waals surface area contributed by atoms with Gasteiger partial charge in [-0.05, 0) is 61.8 Å². The summed E-state index contributed by atoms with van der Waals surface area (Å²) in [7, 11) is -3.66. The summed E-state index contributed by atoms with van der Waals surface area (Å²) in [6.45, 7) is -1.68. The molecule has 1 fully saturated rings. The molecule has 31 heavy (non-hydrogen) atoms. The Kier molecular flexibility index (Phi) is 7.25. The molecule has 2 amide bonds. The number of nitrogens with zero attached hydrogens (tertiary/aromatic N) is 1. The summed E-state index contributed by atoms with van der Waals surface area (Å²) >= 11 is 0. The molecule has 1 aliphatic carbocycles. The Morgan fingerprint density at radius 2 is 1.68 bits per heavy atom. The molecule has 0 bridgehead atoms. The molecule has 172 valence electrons. The first kappa shape index (κ1) is 23.5. The molecule has 1 aromatic rings. The molecule has 0 atom stereocenters. The van der Waals surface area contributed by atoms with Crippen LogP contribution in [0, 0.1) is 5.92 Å². The third kappa shape index (κ3) is 6.19. The standard InChI is InChI=1S/C20H26F3N3O4S/c21-20(22,23)13-25-18(27)12-24-19(28)15-7-9-26(10-8-15)31(29,30)17-6-5-14-3-1-2-4-16(14)11-17/h5-6,11,15H,1-4,7-10,12-13H2,(H,24,28)(H,25,27). The molecule has 3 rings (SSSR count). The van der Waals surface area contributed by atoms with Crippen LogP contribution in [0.5, 0.6) is 0 Å². The summed E-state index contributed by atoms with van der Waals surface area (Å²) in [5.74, 6) is -1.89. The first-order valence-corrected chi connectivity index (χ1v) is 11.7. The molecule has 0 aromatic heterocycles. The minimum absolute atomic E-state index is 0.164. The molecule has 2 N–H and O–H groups in total. The predicted octanol–water partition coefficient (Wildman–Crippen LogP) is 1.76. The molecule has 1 aromatic carbocycles. The number of sulfonamides is 1. The fourth-order valence-electron chi connectivity index (χ4n) is 3.95. The fraction of sp³-hybridized carbons (Fsp3) is 0.600. The van der Waals surface area contributed by atoms with E-state index in [4.69, 9.17) is 0 Å². The van der Waals surface area contributed by atoms with Gasteiger partial charge in [-0.3, -0.25) is 9.59 Å². The largest absolute Gasteiger partial charge is 0.405 e. The highest BCUT2D eigenvalue weighted by molar-refractivity contribution is 7.89. The van der Waals surface area contributed by atoms with Gasteiger partial charge in [0.25, 0.3) is 0 Å². The van der Waals surface area contributed by atoms with Crippen LogP contribution in [0.2, 0.25) is 0 Å². The van der Waals surface area contributed by atoms with Crippen LogP contribution in [0.15, 0.2) is 23.1 Å². The van der Waals surface area contributed by atoms with E-state index < -0.39 is 47.0 Å². The van der Waals surface area contributed by atoms with Gasteiger partial charge in [0.15, 0.2) is 0 Å². The highest BCUT2D eigenvalue weighted by Gasteiger charge is 2.33. The number of hydrogen-bond acceptors (Lipinski definition) is 4. The number of fused-ring (bicyclic) bond motifs is 1. The molecule has 1 heterocycles. The van der Waals surface area contributed by atoms with E-state index >= 15 is 0 Å². The zero-order valence-corrected chi connectivity index (χ0v) is 17.8. The molecule has 0 unspecified atom stereocenters. The Balaban J connectivity index is 1.50. The summed E-state index contributed by atoms with van der Waals surface area (Å²) in [6.07, 6.45) is 0.0299. The van der Waals surface area contributed by atoms with Crippen LogP contribution in [-0.4, -0.2) is 56.9 Å². The Bertz CT molecular complexity index is 926. The first-order chi connectivity index (χ1) is 14.6. The van der Waals surface area contributed by atoms with Crippen molar-refractivity contribution in [3.63, 3.8) is 0 Å². The number of piperidine rings is 1. The van der Waals surface area contributed by atoms with Gasteiger partial charge in [0.1, 0.15) is 6.54 Å². The zero-order chi connectivity index (χ0) is 22.6. The van der Waals surface area contributed by atoms with Crippen molar-refractivity contribution >= 4 is 21.8 Å². The smallest absolute Gasteiger partial charge is 0.347 e. The molecule has 7 nitrogen and oxygen atoms in total. The van der Waals surface area contributed by atoms with E-state index in [0.717, 1.165) is 31.2 Å². The summed E-state index contributed by atoms with van der Waals surface area (Å²) in [5, 5.41) is 4.00. The van der Waals surface area contributed by atoms with E-state index in [2.05, 4.69) is 5.32 Å². The number of carbonyl (C=O) groups is 2. The topological polar surface area (TPSA) is 95.6 Å². The van der Waals surface area contributed by atoms with Crippen LogP contribution in [0.1, 0.15) is 36.8 Å². The van der Waals surface area contributed by atoms with E-state index in [-0.39, 0.29) is 30.8 Å². The molecule has 0 saturated carbocycles. The van der Waals surface area contributed by atoms with E-state index in [1.807, 2.05) is 6.07 Å². The van der Waals surface area contributed by atoms with E-state index in [9.17, 15) is 31.2 Å². The van der Waals surface area contributed by atoms with Crippen LogP contribution < -0.4 is 10.6 Å². The van der Waals surface area contributed by atoms with E-state index in [1.54, 1.807) is 17.4 Å². The quantitative estimate of drug-likeness (QED) is 0.675. The number of benzene rings is 1. The number of hydrogen-bond donors (Lipinski definition) is 2. The summed E-state index contributed by atoms with van der Waals surface area (Å²) in [6, 6.07) is 5.27. The van der Waals surface area contributed by atoms with Crippen molar-refractivity contribution in [3.05, 3.63) is 29.3 Å². The van der Waals surface area contributed by atoms with Crippen molar-refractivity contribution in [2.75, 3.05) is 26.2 Å².